The zero-order chi connectivity index (χ0) is 7.28. The topological polar surface area (TPSA) is 45.4 Å². The van der Waals surface area contributed by atoms with Crippen molar-refractivity contribution in [2.24, 2.45) is 11.1 Å². The summed E-state index contributed by atoms with van der Waals surface area (Å²) in [5, 5.41) is 10.5. The maximum atomic E-state index is 7.11. The number of nitrogens with zero attached hydrogens (tertiary/aromatic N) is 1. The fourth-order valence-electron chi connectivity index (χ4n) is 0.182. The Morgan fingerprint density at radius 3 is 2.67 bits per heavy atom. The molecule has 0 saturated heterocycles. The van der Waals surface area contributed by atoms with Crippen LogP contribution in [0.2, 0.25) is 0 Å². The molecule has 0 atom stereocenters. The van der Waals surface area contributed by atoms with E-state index >= 15 is 0 Å². The van der Waals surface area contributed by atoms with E-state index in [-0.39, 0.29) is 11.8 Å². The molecule has 0 heterocycles. The Kier molecular flexibility index (Phi) is 4.65. The highest BCUT2D eigenvalue weighted by molar-refractivity contribution is 14.1. The van der Waals surface area contributed by atoms with E-state index in [9.17, 15) is 0 Å². The smallest absolute Gasteiger partial charge is 0.219 e. The van der Waals surface area contributed by atoms with Crippen molar-refractivity contribution in [1.29, 1.82) is 5.41 Å². The molecule has 4 heteroatoms. The van der Waals surface area contributed by atoms with Crippen LogP contribution in [0.25, 0.3) is 0 Å². The molecule has 0 aromatic rings. The highest BCUT2D eigenvalue weighted by atomic mass is 127. The van der Waals surface area contributed by atoms with E-state index in [1.54, 1.807) is 0 Å². The minimum atomic E-state index is 0.116. The predicted molar refractivity (Wildman–Crippen MR) is 46.2 cm³/mol. The summed E-state index contributed by atoms with van der Waals surface area (Å²) < 4.78 is 1.48. The van der Waals surface area contributed by atoms with Gasteiger partial charge in [-0.2, -0.15) is 0 Å². The molecule has 0 aliphatic carbocycles. The first-order valence-corrected chi connectivity index (χ1v) is 3.80. The zero-order valence-electron chi connectivity index (χ0n) is 5.39. The normalized spacial score (nSPS) is 10.7. The lowest BCUT2D eigenvalue weighted by atomic mass is 10.2. The lowest BCUT2D eigenvalue weighted by molar-refractivity contribution is 0.306. The Balaban J connectivity index is 3.51. The molecule has 0 radical (unpaired) electrons. The first kappa shape index (κ1) is 8.87. The molecule has 0 rings (SSSR count). The second kappa shape index (κ2) is 4.72. The molecule has 0 aliphatic heterocycles. The Bertz CT molecular complexity index is 122. The molecule has 0 bridgehead atoms. The summed E-state index contributed by atoms with van der Waals surface area (Å²) in [6, 6.07) is 0. The fraction of sp³-hybridized carbons (Fsp3) is 0.600. The van der Waals surface area contributed by atoms with Gasteiger partial charge in [0, 0.05) is 5.92 Å². The molecule has 0 aromatic heterocycles. The van der Waals surface area contributed by atoms with Crippen LogP contribution < -0.4 is 0 Å². The summed E-state index contributed by atoms with van der Waals surface area (Å²) in [7, 11) is 0. The summed E-state index contributed by atoms with van der Waals surface area (Å²) >= 11 is 1.93. The van der Waals surface area contributed by atoms with E-state index in [4.69, 9.17) is 5.41 Å². The lowest BCUT2D eigenvalue weighted by Crippen LogP contribution is -2.06. The third kappa shape index (κ3) is 4.38. The van der Waals surface area contributed by atoms with Gasteiger partial charge in [-0.1, -0.05) is 19.0 Å². The number of oxime groups is 1. The summed E-state index contributed by atoms with van der Waals surface area (Å²) in [5.41, 5.74) is 0. The van der Waals surface area contributed by atoms with Crippen LogP contribution in [-0.4, -0.2) is 10.1 Å². The number of nitrogens with one attached hydrogen (secondary N) is 1. The van der Waals surface area contributed by atoms with Crippen LogP contribution >= 0.6 is 22.6 Å². The van der Waals surface area contributed by atoms with Crippen molar-refractivity contribution in [2.75, 3.05) is 0 Å². The van der Waals surface area contributed by atoms with Gasteiger partial charge in [-0.15, -0.1) is 0 Å². The van der Waals surface area contributed by atoms with Gasteiger partial charge in [-0.25, -0.2) is 0 Å². The second-order valence-electron chi connectivity index (χ2n) is 1.81. The van der Waals surface area contributed by atoms with E-state index in [1.165, 1.54) is 4.22 Å². The molecule has 0 fully saturated rings. The van der Waals surface area contributed by atoms with Crippen LogP contribution in [-0.2, 0) is 4.84 Å². The average Bonchev–Trinajstić information content (AvgIpc) is 1.82. The van der Waals surface area contributed by atoms with E-state index in [2.05, 4.69) is 9.99 Å². The third-order valence-corrected chi connectivity index (χ3v) is 0.943. The lowest BCUT2D eigenvalue weighted by Gasteiger charge is -2.01. The van der Waals surface area contributed by atoms with Crippen LogP contribution in [0.3, 0.4) is 0 Å². The van der Waals surface area contributed by atoms with Gasteiger partial charge in [0.1, 0.15) is 4.22 Å². The molecule has 0 spiro atoms. The zero-order valence-corrected chi connectivity index (χ0v) is 7.55. The van der Waals surface area contributed by atoms with E-state index in [1.807, 2.05) is 36.4 Å². The summed E-state index contributed by atoms with van der Waals surface area (Å²) in [5.74, 6) is 0.313. The Labute approximate surface area is 68.1 Å². The van der Waals surface area contributed by atoms with Crippen molar-refractivity contribution in [3.8, 4) is 0 Å². The van der Waals surface area contributed by atoms with Crippen LogP contribution in [0.5, 0.6) is 0 Å². The third-order valence-electron chi connectivity index (χ3n) is 0.715. The largest absolute Gasteiger partial charge is 0.341 e. The van der Waals surface area contributed by atoms with Gasteiger partial charge in [0.25, 0.3) is 0 Å². The van der Waals surface area contributed by atoms with Gasteiger partial charge >= 0.3 is 0 Å². The molecule has 0 amide bonds. The Hall–Kier alpha value is -0.130. The standard InChI is InChI=1S/C5H9IN2O/c1-4(2)5(7)9-8-3-6/h3-4,7H,1-2H3/b7-5?,8-3-. The van der Waals surface area contributed by atoms with Crippen LogP contribution in [0.1, 0.15) is 13.8 Å². The van der Waals surface area contributed by atoms with Gasteiger partial charge in [0.2, 0.25) is 5.90 Å². The number of hydrogen-bond donors (Lipinski definition) is 1. The van der Waals surface area contributed by atoms with Crippen molar-refractivity contribution < 1.29 is 4.84 Å². The van der Waals surface area contributed by atoms with Gasteiger partial charge in [0.05, 0.1) is 0 Å². The SMILES string of the molecule is CC(C)C(=N)O/N=C\I. The minimum Gasteiger partial charge on any atom is -0.341 e. The molecule has 52 valence electrons. The van der Waals surface area contributed by atoms with Crippen molar-refractivity contribution in [3.05, 3.63) is 0 Å². The fourth-order valence-corrected chi connectivity index (χ4v) is 0.296. The Morgan fingerprint density at radius 1 is 1.78 bits per heavy atom. The maximum absolute atomic E-state index is 7.11. The van der Waals surface area contributed by atoms with Crippen LogP contribution in [0.4, 0.5) is 0 Å². The Morgan fingerprint density at radius 2 is 2.33 bits per heavy atom. The van der Waals surface area contributed by atoms with E-state index in [0.29, 0.717) is 0 Å². The highest BCUT2D eigenvalue weighted by Gasteiger charge is 2.01. The quantitative estimate of drug-likeness (QED) is 0.341. The number of hydrogen-bond acceptors (Lipinski definition) is 3. The van der Waals surface area contributed by atoms with Gasteiger partial charge < -0.3 is 4.84 Å². The van der Waals surface area contributed by atoms with Crippen molar-refractivity contribution in [3.63, 3.8) is 0 Å². The number of rotatable bonds is 2. The molecule has 0 saturated carbocycles. The maximum Gasteiger partial charge on any atom is 0.219 e. The molecule has 0 unspecified atom stereocenters. The predicted octanol–water partition coefficient (Wildman–Crippen LogP) is 2.01. The monoisotopic (exact) mass is 240 g/mol. The van der Waals surface area contributed by atoms with Gasteiger partial charge in [-0.05, 0) is 22.6 Å². The molecule has 0 aromatic carbocycles. The average molecular weight is 240 g/mol. The number of halogens is 1. The summed E-state index contributed by atoms with van der Waals surface area (Å²) in [6.07, 6.45) is 0. The molecular formula is C5H9IN2O. The summed E-state index contributed by atoms with van der Waals surface area (Å²) in [4.78, 5) is 4.60. The van der Waals surface area contributed by atoms with Crippen LogP contribution in [0, 0.1) is 11.3 Å². The van der Waals surface area contributed by atoms with Gasteiger partial charge in [0.15, 0.2) is 0 Å². The minimum absolute atomic E-state index is 0.116. The van der Waals surface area contributed by atoms with E-state index < -0.39 is 0 Å². The second-order valence-corrected chi connectivity index (χ2v) is 2.37. The van der Waals surface area contributed by atoms with Crippen LogP contribution in [0.15, 0.2) is 5.16 Å². The van der Waals surface area contributed by atoms with Crippen molar-refractivity contribution >= 4 is 32.7 Å². The van der Waals surface area contributed by atoms with E-state index in [0.717, 1.165) is 0 Å². The molecule has 3 nitrogen and oxygen atoms in total. The molecule has 1 N–H and O–H groups in total. The van der Waals surface area contributed by atoms with Gasteiger partial charge in [-0.3, -0.25) is 5.41 Å². The highest BCUT2D eigenvalue weighted by Crippen LogP contribution is 1.95. The van der Waals surface area contributed by atoms with Crippen molar-refractivity contribution in [2.45, 2.75) is 13.8 Å². The molecule has 9 heavy (non-hydrogen) atoms. The first-order chi connectivity index (χ1) is 4.18. The molecule has 0 aliphatic rings. The summed E-state index contributed by atoms with van der Waals surface area (Å²) in [6.45, 7) is 3.76. The van der Waals surface area contributed by atoms with Crippen molar-refractivity contribution in [1.82, 2.24) is 0 Å². The first-order valence-electron chi connectivity index (χ1n) is 2.56. The molecular weight excluding hydrogens is 231 g/mol.